The molecule has 2 heterocycles. The van der Waals surface area contributed by atoms with Gasteiger partial charge >= 0.3 is 0 Å². The zero-order valence-corrected chi connectivity index (χ0v) is 8.79. The smallest absolute Gasteiger partial charge is 0.115 e. The van der Waals surface area contributed by atoms with Gasteiger partial charge in [0.2, 0.25) is 0 Å². The largest absolute Gasteiger partial charge is 0.318 e. The van der Waals surface area contributed by atoms with Gasteiger partial charge in [-0.3, -0.25) is 0 Å². The Bertz CT molecular complexity index is 415. The van der Waals surface area contributed by atoms with E-state index in [9.17, 15) is 0 Å². The molecule has 1 unspecified atom stereocenters. The maximum Gasteiger partial charge on any atom is 0.115 e. The van der Waals surface area contributed by atoms with Gasteiger partial charge in [-0.2, -0.15) is 0 Å². The SMILES string of the molecule is NC(c1ccncn1)c1ccc(Cl)s1. The van der Waals surface area contributed by atoms with Crippen molar-refractivity contribution in [1.29, 1.82) is 0 Å². The topological polar surface area (TPSA) is 51.8 Å². The van der Waals surface area contributed by atoms with Crippen LogP contribution in [0.1, 0.15) is 16.6 Å². The molecule has 2 aromatic heterocycles. The van der Waals surface area contributed by atoms with Crippen molar-refractivity contribution in [2.45, 2.75) is 6.04 Å². The summed E-state index contributed by atoms with van der Waals surface area (Å²) >= 11 is 7.29. The van der Waals surface area contributed by atoms with Gasteiger partial charge in [-0.25, -0.2) is 9.97 Å². The minimum atomic E-state index is -0.213. The first-order valence-electron chi connectivity index (χ1n) is 4.04. The predicted octanol–water partition coefficient (Wildman–Crippen LogP) is 2.24. The van der Waals surface area contributed by atoms with Crippen LogP contribution in [-0.4, -0.2) is 9.97 Å². The summed E-state index contributed by atoms with van der Waals surface area (Å²) < 4.78 is 0.740. The fraction of sp³-hybridized carbons (Fsp3) is 0.111. The van der Waals surface area contributed by atoms with Gasteiger partial charge in [0.05, 0.1) is 16.1 Å². The van der Waals surface area contributed by atoms with Crippen molar-refractivity contribution in [3.63, 3.8) is 0 Å². The minimum Gasteiger partial charge on any atom is -0.318 e. The highest BCUT2D eigenvalue weighted by Crippen LogP contribution is 2.28. The molecular formula is C9H8ClN3S. The lowest BCUT2D eigenvalue weighted by atomic mass is 10.2. The van der Waals surface area contributed by atoms with Gasteiger partial charge in [0.1, 0.15) is 6.33 Å². The Labute approximate surface area is 90.6 Å². The number of nitrogens with two attached hydrogens (primary N) is 1. The first kappa shape index (κ1) is 9.58. The number of nitrogens with zero attached hydrogens (tertiary/aromatic N) is 2. The van der Waals surface area contributed by atoms with E-state index in [2.05, 4.69) is 9.97 Å². The molecule has 72 valence electrons. The molecule has 14 heavy (non-hydrogen) atoms. The van der Waals surface area contributed by atoms with Crippen molar-refractivity contribution >= 4 is 22.9 Å². The van der Waals surface area contributed by atoms with E-state index >= 15 is 0 Å². The van der Waals surface area contributed by atoms with E-state index in [1.807, 2.05) is 12.1 Å². The van der Waals surface area contributed by atoms with E-state index in [0.717, 1.165) is 14.9 Å². The molecule has 0 aliphatic carbocycles. The number of hydrogen-bond donors (Lipinski definition) is 1. The first-order chi connectivity index (χ1) is 6.77. The lowest BCUT2D eigenvalue weighted by molar-refractivity contribution is 0.836. The summed E-state index contributed by atoms with van der Waals surface area (Å²) in [4.78, 5) is 8.94. The maximum atomic E-state index is 5.99. The van der Waals surface area contributed by atoms with Crippen LogP contribution in [0.5, 0.6) is 0 Å². The second-order valence-corrected chi connectivity index (χ2v) is 4.50. The quantitative estimate of drug-likeness (QED) is 0.853. The monoisotopic (exact) mass is 225 g/mol. The summed E-state index contributed by atoms with van der Waals surface area (Å²) in [6.45, 7) is 0. The van der Waals surface area contributed by atoms with Gasteiger partial charge in [0, 0.05) is 11.1 Å². The third-order valence-electron chi connectivity index (χ3n) is 1.82. The van der Waals surface area contributed by atoms with Crippen molar-refractivity contribution in [2.24, 2.45) is 5.73 Å². The molecule has 0 saturated carbocycles. The van der Waals surface area contributed by atoms with Crippen LogP contribution in [0, 0.1) is 0 Å². The first-order valence-corrected chi connectivity index (χ1v) is 5.23. The lowest BCUT2D eigenvalue weighted by Gasteiger charge is -2.07. The molecule has 0 spiro atoms. The summed E-state index contributed by atoms with van der Waals surface area (Å²) in [5.74, 6) is 0. The summed E-state index contributed by atoms with van der Waals surface area (Å²) in [6, 6.07) is 5.34. The normalized spacial score (nSPS) is 12.7. The summed E-state index contributed by atoms with van der Waals surface area (Å²) in [6.07, 6.45) is 3.17. The Morgan fingerprint density at radius 3 is 2.79 bits per heavy atom. The molecule has 0 amide bonds. The van der Waals surface area contributed by atoms with Gasteiger partial charge in [-0.15, -0.1) is 11.3 Å². The van der Waals surface area contributed by atoms with Gasteiger partial charge in [-0.05, 0) is 18.2 Å². The Morgan fingerprint density at radius 1 is 1.36 bits per heavy atom. The Balaban J connectivity index is 2.29. The van der Waals surface area contributed by atoms with Crippen molar-refractivity contribution < 1.29 is 0 Å². The molecule has 2 N–H and O–H groups in total. The molecule has 0 aromatic carbocycles. The second-order valence-electron chi connectivity index (χ2n) is 2.75. The number of aromatic nitrogens is 2. The van der Waals surface area contributed by atoms with Crippen molar-refractivity contribution in [1.82, 2.24) is 9.97 Å². The van der Waals surface area contributed by atoms with Crippen molar-refractivity contribution in [3.8, 4) is 0 Å². The molecule has 0 fully saturated rings. The van der Waals surface area contributed by atoms with Gasteiger partial charge in [0.15, 0.2) is 0 Å². The minimum absolute atomic E-state index is 0.213. The van der Waals surface area contributed by atoms with E-state index < -0.39 is 0 Å². The van der Waals surface area contributed by atoms with E-state index in [0.29, 0.717) is 0 Å². The molecular weight excluding hydrogens is 218 g/mol. The fourth-order valence-corrected chi connectivity index (χ4v) is 2.20. The molecule has 0 bridgehead atoms. The molecule has 0 saturated heterocycles. The molecule has 5 heteroatoms. The third-order valence-corrected chi connectivity index (χ3v) is 3.14. The molecule has 1 atom stereocenters. The number of hydrogen-bond acceptors (Lipinski definition) is 4. The highest BCUT2D eigenvalue weighted by Gasteiger charge is 2.11. The zero-order valence-electron chi connectivity index (χ0n) is 7.22. The van der Waals surface area contributed by atoms with Gasteiger partial charge < -0.3 is 5.73 Å². The number of thiophene rings is 1. The molecule has 2 aromatic rings. The van der Waals surface area contributed by atoms with Crippen LogP contribution in [0.4, 0.5) is 0 Å². The highest BCUT2D eigenvalue weighted by molar-refractivity contribution is 7.16. The molecule has 2 rings (SSSR count). The van der Waals surface area contributed by atoms with Crippen LogP contribution in [0.3, 0.4) is 0 Å². The zero-order chi connectivity index (χ0) is 9.97. The van der Waals surface area contributed by atoms with Crippen molar-refractivity contribution in [2.75, 3.05) is 0 Å². The maximum absolute atomic E-state index is 5.99. The predicted molar refractivity (Wildman–Crippen MR) is 57.4 cm³/mol. The van der Waals surface area contributed by atoms with E-state index in [4.69, 9.17) is 17.3 Å². The van der Waals surface area contributed by atoms with Crippen LogP contribution in [0.2, 0.25) is 4.34 Å². The lowest BCUT2D eigenvalue weighted by Crippen LogP contribution is -2.11. The highest BCUT2D eigenvalue weighted by atomic mass is 35.5. The Morgan fingerprint density at radius 2 is 2.21 bits per heavy atom. The molecule has 0 radical (unpaired) electrons. The summed E-state index contributed by atoms with van der Waals surface area (Å²) in [7, 11) is 0. The molecule has 0 aliphatic rings. The standard InChI is InChI=1S/C9H8ClN3S/c10-8-2-1-7(14-8)9(11)6-3-4-12-5-13-6/h1-5,9H,11H2. The van der Waals surface area contributed by atoms with Crippen molar-refractivity contribution in [3.05, 3.63) is 45.6 Å². The van der Waals surface area contributed by atoms with E-state index in [-0.39, 0.29) is 6.04 Å². The summed E-state index contributed by atoms with van der Waals surface area (Å²) in [5.41, 5.74) is 6.80. The molecule has 3 nitrogen and oxygen atoms in total. The summed E-state index contributed by atoms with van der Waals surface area (Å²) in [5, 5.41) is 0. The van der Waals surface area contributed by atoms with Crippen LogP contribution in [0.15, 0.2) is 30.7 Å². The van der Waals surface area contributed by atoms with Crippen LogP contribution >= 0.6 is 22.9 Å². The second kappa shape index (κ2) is 4.04. The number of rotatable bonds is 2. The number of halogens is 1. The van der Waals surface area contributed by atoms with Crippen LogP contribution < -0.4 is 5.73 Å². The van der Waals surface area contributed by atoms with E-state index in [1.54, 1.807) is 12.3 Å². The third kappa shape index (κ3) is 1.92. The molecule has 0 aliphatic heterocycles. The van der Waals surface area contributed by atoms with E-state index in [1.165, 1.54) is 17.7 Å². The van der Waals surface area contributed by atoms with Gasteiger partial charge in [0.25, 0.3) is 0 Å². The Hall–Kier alpha value is -0.970. The van der Waals surface area contributed by atoms with Gasteiger partial charge in [-0.1, -0.05) is 11.6 Å². The average Bonchev–Trinajstić information content (AvgIpc) is 2.65. The Kier molecular flexibility index (Phi) is 2.77. The van der Waals surface area contributed by atoms with Crippen LogP contribution in [0.25, 0.3) is 0 Å². The van der Waals surface area contributed by atoms with Crippen LogP contribution in [-0.2, 0) is 0 Å². The fourth-order valence-electron chi connectivity index (χ4n) is 1.13. The average molecular weight is 226 g/mol.